The molecule has 0 spiro atoms. The minimum absolute atomic E-state index is 0.0170. The molecule has 1 saturated carbocycles. The van der Waals surface area contributed by atoms with Gasteiger partial charge in [0.15, 0.2) is 5.78 Å². The summed E-state index contributed by atoms with van der Waals surface area (Å²) in [5.74, 6) is -1.53. The van der Waals surface area contributed by atoms with E-state index in [0.717, 1.165) is 30.0 Å². The molecule has 2 aromatic carbocycles. The molecule has 9 N–H and O–H groups in total. The number of aliphatic hydroxyl groups is 4. The third-order valence-electron chi connectivity index (χ3n) is 8.89. The van der Waals surface area contributed by atoms with Gasteiger partial charge in [-0.1, -0.05) is 55.7 Å². The van der Waals surface area contributed by atoms with Crippen molar-refractivity contribution >= 4 is 22.5 Å². The van der Waals surface area contributed by atoms with Gasteiger partial charge in [-0.15, -0.1) is 0 Å². The van der Waals surface area contributed by atoms with Crippen LogP contribution in [0.4, 0.5) is 0 Å². The van der Waals surface area contributed by atoms with E-state index in [4.69, 9.17) is 10.5 Å². The summed E-state index contributed by atoms with van der Waals surface area (Å²) in [7, 11) is 0. The van der Waals surface area contributed by atoms with Crippen molar-refractivity contribution in [3.05, 3.63) is 42.5 Å². The quantitative estimate of drug-likeness (QED) is 0.152. The third kappa shape index (κ3) is 8.51. The summed E-state index contributed by atoms with van der Waals surface area (Å²) in [4.78, 5) is 27.5. The van der Waals surface area contributed by atoms with E-state index in [1.54, 1.807) is 6.07 Å². The molecule has 2 aromatic rings. The molecule has 0 aromatic heterocycles. The number of rotatable bonds is 14. The first-order valence-electron chi connectivity index (χ1n) is 15.4. The second-order valence-electron chi connectivity index (χ2n) is 12.6. The third-order valence-corrected chi connectivity index (χ3v) is 8.89. The standard InChI is InChI=1S/C32H48N4O7/c1-32(2,42)30(40)29(39)28(38)27(36-31(41)23(33)15-21-16-34-18-35-21)26(20-10-4-3-5-11-20)24(37)17-43-25-14-8-12-19-9-6-7-13-22(19)25/h6-9,12-14,20-21,23,26-30,34-35,38-40,42H,3-5,10-11,15-18,33H2,1-2H3,(H,36,41)/t21?,23-,26?,27-,28+,29+,30-/m0/s1. The predicted octanol–water partition coefficient (Wildman–Crippen LogP) is 0.559. The number of ketones is 1. The van der Waals surface area contributed by atoms with Crippen molar-refractivity contribution in [1.29, 1.82) is 0 Å². The molecule has 11 heteroatoms. The summed E-state index contributed by atoms with van der Waals surface area (Å²) >= 11 is 0. The van der Waals surface area contributed by atoms with Crippen LogP contribution >= 0.6 is 0 Å². The zero-order valence-electron chi connectivity index (χ0n) is 25.1. The number of carbonyl (C=O) groups is 2. The van der Waals surface area contributed by atoms with Crippen LogP contribution in [0.2, 0.25) is 0 Å². The highest BCUT2D eigenvalue weighted by Crippen LogP contribution is 2.35. The van der Waals surface area contributed by atoms with Crippen molar-refractivity contribution in [2.45, 2.75) is 94.4 Å². The fraction of sp³-hybridized carbons (Fsp3) is 0.625. The number of hydrogen-bond donors (Lipinski definition) is 8. The first kappa shape index (κ1) is 33.3. The largest absolute Gasteiger partial charge is 0.485 e. The molecule has 7 atom stereocenters. The second-order valence-corrected chi connectivity index (χ2v) is 12.6. The van der Waals surface area contributed by atoms with Crippen LogP contribution in [-0.4, -0.2) is 94.0 Å². The average molecular weight is 601 g/mol. The molecular weight excluding hydrogens is 552 g/mol. The maximum Gasteiger partial charge on any atom is 0.237 e. The van der Waals surface area contributed by atoms with Gasteiger partial charge in [-0.25, -0.2) is 0 Å². The molecule has 11 nitrogen and oxygen atoms in total. The van der Waals surface area contributed by atoms with Crippen LogP contribution in [0.3, 0.4) is 0 Å². The van der Waals surface area contributed by atoms with E-state index in [2.05, 4.69) is 16.0 Å². The van der Waals surface area contributed by atoms with Gasteiger partial charge in [0, 0.05) is 30.6 Å². The van der Waals surface area contributed by atoms with E-state index in [9.17, 15) is 30.0 Å². The number of Topliss-reactive ketones (excluding diaryl/α,β-unsaturated/α-hetero) is 1. The highest BCUT2D eigenvalue weighted by Gasteiger charge is 2.46. The van der Waals surface area contributed by atoms with Gasteiger partial charge < -0.3 is 46.8 Å². The Morgan fingerprint density at radius 3 is 2.42 bits per heavy atom. The minimum atomic E-state index is -1.86. The number of benzene rings is 2. The van der Waals surface area contributed by atoms with Crippen molar-refractivity contribution in [2.24, 2.45) is 17.6 Å². The number of fused-ring (bicyclic) bond motifs is 1. The van der Waals surface area contributed by atoms with E-state index in [-0.39, 0.29) is 24.3 Å². The number of amides is 1. The number of nitrogens with two attached hydrogens (primary N) is 1. The summed E-state index contributed by atoms with van der Waals surface area (Å²) in [6, 6.07) is 11.0. The molecule has 1 saturated heterocycles. The molecule has 43 heavy (non-hydrogen) atoms. The van der Waals surface area contributed by atoms with Gasteiger partial charge in [-0.2, -0.15) is 0 Å². The summed E-state index contributed by atoms with van der Waals surface area (Å²) in [5, 5.41) is 54.6. The maximum absolute atomic E-state index is 14.1. The Kier molecular flexibility index (Phi) is 11.5. The van der Waals surface area contributed by atoms with Crippen LogP contribution in [0.25, 0.3) is 10.8 Å². The first-order chi connectivity index (χ1) is 20.5. The van der Waals surface area contributed by atoms with Gasteiger partial charge in [0.25, 0.3) is 0 Å². The molecule has 2 fully saturated rings. The Morgan fingerprint density at radius 2 is 1.74 bits per heavy atom. The maximum atomic E-state index is 14.1. The van der Waals surface area contributed by atoms with E-state index < -0.39 is 47.8 Å². The Morgan fingerprint density at radius 1 is 1.05 bits per heavy atom. The molecule has 238 valence electrons. The summed E-state index contributed by atoms with van der Waals surface area (Å²) in [6.07, 6.45) is -0.918. The molecule has 0 bridgehead atoms. The van der Waals surface area contributed by atoms with Crippen molar-refractivity contribution in [2.75, 3.05) is 19.8 Å². The topological polar surface area (TPSA) is 186 Å². The van der Waals surface area contributed by atoms with Crippen LogP contribution in [0.15, 0.2) is 42.5 Å². The molecule has 1 amide bonds. The van der Waals surface area contributed by atoms with E-state index in [1.165, 1.54) is 13.8 Å². The highest BCUT2D eigenvalue weighted by molar-refractivity contribution is 5.89. The van der Waals surface area contributed by atoms with Gasteiger partial charge >= 0.3 is 0 Å². The van der Waals surface area contributed by atoms with Gasteiger partial charge in [0.2, 0.25) is 5.91 Å². The first-order valence-corrected chi connectivity index (χ1v) is 15.4. The van der Waals surface area contributed by atoms with Crippen molar-refractivity contribution in [3.63, 3.8) is 0 Å². The van der Waals surface area contributed by atoms with Crippen LogP contribution in [0.5, 0.6) is 5.75 Å². The fourth-order valence-corrected chi connectivity index (χ4v) is 6.41. The van der Waals surface area contributed by atoms with Crippen LogP contribution in [0, 0.1) is 11.8 Å². The Hall–Kier alpha value is -2.64. The lowest BCUT2D eigenvalue weighted by atomic mass is 9.72. The molecule has 4 rings (SSSR count). The molecule has 1 aliphatic heterocycles. The van der Waals surface area contributed by atoms with Crippen LogP contribution in [0.1, 0.15) is 52.4 Å². The van der Waals surface area contributed by atoms with E-state index in [0.29, 0.717) is 38.2 Å². The smallest absolute Gasteiger partial charge is 0.237 e. The van der Waals surface area contributed by atoms with Gasteiger partial charge in [-0.3, -0.25) is 9.59 Å². The molecule has 2 unspecified atom stereocenters. The molecule has 1 aliphatic carbocycles. The van der Waals surface area contributed by atoms with Crippen LogP contribution < -0.4 is 26.4 Å². The lowest BCUT2D eigenvalue weighted by molar-refractivity contribution is -0.155. The normalized spacial score (nSPS) is 22.3. The number of nitrogens with one attached hydrogen (secondary N) is 3. The van der Waals surface area contributed by atoms with Crippen molar-refractivity contribution in [1.82, 2.24) is 16.0 Å². The van der Waals surface area contributed by atoms with Crippen molar-refractivity contribution < 1.29 is 34.8 Å². The zero-order chi connectivity index (χ0) is 31.1. The van der Waals surface area contributed by atoms with Gasteiger partial charge in [0.05, 0.1) is 17.7 Å². The number of ether oxygens (including phenoxy) is 1. The Balaban J connectivity index is 1.62. The lowest BCUT2D eigenvalue weighted by Gasteiger charge is -2.41. The van der Waals surface area contributed by atoms with E-state index >= 15 is 0 Å². The number of carbonyl (C=O) groups excluding carboxylic acids is 2. The van der Waals surface area contributed by atoms with Gasteiger partial charge in [0.1, 0.15) is 30.7 Å². The lowest BCUT2D eigenvalue weighted by Crippen LogP contribution is -2.62. The molecule has 0 radical (unpaired) electrons. The zero-order valence-corrected chi connectivity index (χ0v) is 25.1. The SMILES string of the molecule is CC(C)(O)[C@@H](O)[C@H](O)[C@H](O)[C@@H](NC(=O)[C@@H](N)CC1CNCN1)C(C(=O)COc1cccc2ccccc12)C1CCCCC1. The van der Waals surface area contributed by atoms with E-state index in [1.807, 2.05) is 36.4 Å². The summed E-state index contributed by atoms with van der Waals surface area (Å²) in [6.45, 7) is 3.56. The predicted molar refractivity (Wildman–Crippen MR) is 163 cm³/mol. The highest BCUT2D eigenvalue weighted by atomic mass is 16.5. The van der Waals surface area contributed by atoms with Crippen LogP contribution in [-0.2, 0) is 9.59 Å². The molecular formula is C32H48N4O7. The Bertz CT molecular complexity index is 1200. The monoisotopic (exact) mass is 600 g/mol. The summed E-state index contributed by atoms with van der Waals surface area (Å²) in [5.41, 5.74) is 4.51. The average Bonchev–Trinajstić information content (AvgIpc) is 3.51. The molecule has 1 heterocycles. The fourth-order valence-electron chi connectivity index (χ4n) is 6.41. The summed E-state index contributed by atoms with van der Waals surface area (Å²) < 4.78 is 6.05. The number of hydrogen-bond acceptors (Lipinski definition) is 10. The molecule has 2 aliphatic rings. The second kappa shape index (κ2) is 14.9. The minimum Gasteiger partial charge on any atom is -0.485 e. The van der Waals surface area contributed by atoms with Crippen molar-refractivity contribution in [3.8, 4) is 5.75 Å². The number of aliphatic hydroxyl groups excluding tert-OH is 3. The Labute approximate surface area is 253 Å². The van der Waals surface area contributed by atoms with Gasteiger partial charge in [-0.05, 0) is 50.5 Å².